The molecule has 1 heterocycles. The van der Waals surface area contributed by atoms with Crippen LogP contribution in [0.2, 0.25) is 0 Å². The third-order valence-corrected chi connectivity index (χ3v) is 5.61. The Hall–Kier alpha value is -1.59. The van der Waals surface area contributed by atoms with Gasteiger partial charge in [-0.3, -0.25) is 0 Å². The van der Waals surface area contributed by atoms with Gasteiger partial charge in [0.15, 0.2) is 5.11 Å². The fraction of sp³-hybridized carbons (Fsp3) is 0.381. The predicted molar refractivity (Wildman–Crippen MR) is 119 cm³/mol. The van der Waals surface area contributed by atoms with Crippen molar-refractivity contribution in [3.05, 3.63) is 58.6 Å². The first-order valence-electron chi connectivity index (χ1n) is 9.19. The maximum Gasteiger partial charge on any atom is 0.171 e. The standard InChI is InChI=1S/C21H26BrN3S/c1-15-4-3-13-25(14-15)20-11-5-17(6-12-20)16(2)23-21(26)24-19-9-7-18(22)8-10-19/h5-12,15-16H,3-4,13-14H2,1-2H3,(H2,23,24,26). The summed E-state index contributed by atoms with van der Waals surface area (Å²) in [7, 11) is 0. The SMILES string of the molecule is CC1CCCN(c2ccc(C(C)NC(=S)Nc3ccc(Br)cc3)cc2)C1. The third-order valence-electron chi connectivity index (χ3n) is 4.86. The second-order valence-electron chi connectivity index (χ2n) is 7.11. The van der Waals surface area contributed by atoms with Gasteiger partial charge < -0.3 is 15.5 Å². The summed E-state index contributed by atoms with van der Waals surface area (Å²) >= 11 is 8.88. The molecular formula is C21H26BrN3S. The van der Waals surface area contributed by atoms with Gasteiger partial charge in [-0.15, -0.1) is 0 Å². The van der Waals surface area contributed by atoms with Gasteiger partial charge in [0.05, 0.1) is 6.04 Å². The molecule has 1 fully saturated rings. The van der Waals surface area contributed by atoms with E-state index in [0.29, 0.717) is 5.11 Å². The summed E-state index contributed by atoms with van der Waals surface area (Å²) < 4.78 is 1.05. The summed E-state index contributed by atoms with van der Waals surface area (Å²) in [5.74, 6) is 0.783. The zero-order valence-corrected chi connectivity index (χ0v) is 17.7. The average molecular weight is 432 g/mol. The molecule has 0 radical (unpaired) electrons. The van der Waals surface area contributed by atoms with E-state index in [1.807, 2.05) is 24.3 Å². The molecule has 1 saturated heterocycles. The molecule has 1 aliphatic heterocycles. The van der Waals surface area contributed by atoms with Crippen LogP contribution < -0.4 is 15.5 Å². The van der Waals surface area contributed by atoms with Gasteiger partial charge in [-0.1, -0.05) is 35.0 Å². The molecule has 26 heavy (non-hydrogen) atoms. The smallest absolute Gasteiger partial charge is 0.171 e. The quantitative estimate of drug-likeness (QED) is 0.603. The molecular weight excluding hydrogens is 406 g/mol. The van der Waals surface area contributed by atoms with Gasteiger partial charge in [-0.25, -0.2) is 0 Å². The topological polar surface area (TPSA) is 27.3 Å². The lowest BCUT2D eigenvalue weighted by Gasteiger charge is -2.33. The monoisotopic (exact) mass is 431 g/mol. The summed E-state index contributed by atoms with van der Waals surface area (Å²) in [5.41, 5.74) is 3.54. The lowest BCUT2D eigenvalue weighted by molar-refractivity contribution is 0.447. The van der Waals surface area contributed by atoms with Gasteiger partial charge in [0.2, 0.25) is 0 Å². The number of hydrogen-bond acceptors (Lipinski definition) is 2. The molecule has 0 amide bonds. The van der Waals surface area contributed by atoms with Crippen LogP contribution in [0, 0.1) is 5.92 Å². The van der Waals surface area contributed by atoms with Crippen molar-refractivity contribution in [2.45, 2.75) is 32.7 Å². The summed E-state index contributed by atoms with van der Waals surface area (Å²) in [6.45, 7) is 6.80. The Morgan fingerprint density at radius 1 is 1.15 bits per heavy atom. The molecule has 2 unspecified atom stereocenters. The van der Waals surface area contributed by atoms with Crippen LogP contribution in [0.1, 0.15) is 38.3 Å². The maximum absolute atomic E-state index is 5.44. The molecule has 2 aromatic rings. The number of rotatable bonds is 4. The molecule has 2 atom stereocenters. The van der Waals surface area contributed by atoms with Crippen LogP contribution in [0.4, 0.5) is 11.4 Å². The Kier molecular flexibility index (Phi) is 6.54. The van der Waals surface area contributed by atoms with Crippen LogP contribution in [0.15, 0.2) is 53.0 Å². The Bertz CT molecular complexity index is 730. The average Bonchev–Trinajstić information content (AvgIpc) is 2.64. The van der Waals surface area contributed by atoms with E-state index in [9.17, 15) is 0 Å². The molecule has 1 aliphatic rings. The lowest BCUT2D eigenvalue weighted by atomic mass is 9.99. The van der Waals surface area contributed by atoms with Gasteiger partial charge in [-0.05, 0) is 79.9 Å². The van der Waals surface area contributed by atoms with Gasteiger partial charge in [0.1, 0.15) is 0 Å². The van der Waals surface area contributed by atoms with Crippen molar-refractivity contribution in [1.82, 2.24) is 5.32 Å². The fourth-order valence-electron chi connectivity index (χ4n) is 3.38. The van der Waals surface area contributed by atoms with E-state index >= 15 is 0 Å². The largest absolute Gasteiger partial charge is 0.371 e. The number of thiocarbonyl (C=S) groups is 1. The van der Waals surface area contributed by atoms with E-state index < -0.39 is 0 Å². The van der Waals surface area contributed by atoms with E-state index in [-0.39, 0.29) is 6.04 Å². The highest BCUT2D eigenvalue weighted by molar-refractivity contribution is 9.10. The Morgan fingerprint density at radius 2 is 1.85 bits per heavy atom. The lowest BCUT2D eigenvalue weighted by Crippen LogP contribution is -2.34. The molecule has 0 aromatic heterocycles. The third kappa shape index (κ3) is 5.21. The van der Waals surface area contributed by atoms with Crippen LogP contribution in [-0.4, -0.2) is 18.2 Å². The van der Waals surface area contributed by atoms with Crippen molar-refractivity contribution >= 4 is 44.6 Å². The van der Waals surface area contributed by atoms with Crippen LogP contribution in [-0.2, 0) is 0 Å². The number of nitrogens with zero attached hydrogens (tertiary/aromatic N) is 1. The second-order valence-corrected chi connectivity index (χ2v) is 8.44. The summed E-state index contributed by atoms with van der Waals surface area (Å²) in [4.78, 5) is 2.50. The second kappa shape index (κ2) is 8.87. The van der Waals surface area contributed by atoms with Crippen LogP contribution in [0.25, 0.3) is 0 Å². The molecule has 5 heteroatoms. The fourth-order valence-corrected chi connectivity index (χ4v) is 3.94. The Balaban J connectivity index is 1.56. The molecule has 0 aliphatic carbocycles. The van der Waals surface area contributed by atoms with E-state index in [0.717, 1.165) is 22.6 Å². The first-order chi connectivity index (χ1) is 12.5. The minimum Gasteiger partial charge on any atom is -0.371 e. The molecule has 0 saturated carbocycles. The molecule has 0 bridgehead atoms. The van der Waals surface area contributed by atoms with Crippen LogP contribution >= 0.6 is 28.1 Å². The highest BCUT2D eigenvalue weighted by atomic mass is 79.9. The number of benzene rings is 2. The van der Waals surface area contributed by atoms with Gasteiger partial charge in [-0.2, -0.15) is 0 Å². The van der Waals surface area contributed by atoms with E-state index in [4.69, 9.17) is 12.2 Å². The summed E-state index contributed by atoms with van der Waals surface area (Å²) in [5, 5.41) is 7.22. The minimum absolute atomic E-state index is 0.153. The number of anilines is 2. The minimum atomic E-state index is 0.153. The highest BCUT2D eigenvalue weighted by Crippen LogP contribution is 2.24. The summed E-state index contributed by atoms with van der Waals surface area (Å²) in [6, 6.07) is 17.0. The first kappa shape index (κ1) is 19.2. The Morgan fingerprint density at radius 3 is 2.50 bits per heavy atom. The zero-order valence-electron chi connectivity index (χ0n) is 15.3. The van der Waals surface area contributed by atoms with Gasteiger partial charge >= 0.3 is 0 Å². The molecule has 3 rings (SSSR count). The van der Waals surface area contributed by atoms with E-state index in [1.54, 1.807) is 0 Å². The zero-order chi connectivity index (χ0) is 18.5. The van der Waals surface area contributed by atoms with Gasteiger partial charge in [0, 0.05) is 28.9 Å². The van der Waals surface area contributed by atoms with Crippen molar-refractivity contribution < 1.29 is 0 Å². The van der Waals surface area contributed by atoms with Crippen LogP contribution in [0.5, 0.6) is 0 Å². The van der Waals surface area contributed by atoms with Crippen molar-refractivity contribution in [3.8, 4) is 0 Å². The first-order valence-corrected chi connectivity index (χ1v) is 10.4. The Labute approximate surface area is 170 Å². The molecule has 2 aromatic carbocycles. The molecule has 138 valence electrons. The maximum atomic E-state index is 5.44. The molecule has 0 spiro atoms. The van der Waals surface area contributed by atoms with Crippen molar-refractivity contribution in [1.29, 1.82) is 0 Å². The van der Waals surface area contributed by atoms with Crippen molar-refractivity contribution in [2.24, 2.45) is 5.92 Å². The number of hydrogen-bond donors (Lipinski definition) is 2. The van der Waals surface area contributed by atoms with Crippen molar-refractivity contribution in [3.63, 3.8) is 0 Å². The molecule has 3 nitrogen and oxygen atoms in total. The van der Waals surface area contributed by atoms with E-state index in [1.165, 1.54) is 30.6 Å². The normalized spacial score (nSPS) is 18.3. The van der Waals surface area contributed by atoms with Crippen molar-refractivity contribution in [2.75, 3.05) is 23.3 Å². The van der Waals surface area contributed by atoms with Crippen LogP contribution in [0.3, 0.4) is 0 Å². The number of halogens is 1. The highest BCUT2D eigenvalue weighted by Gasteiger charge is 2.17. The van der Waals surface area contributed by atoms with E-state index in [2.05, 4.69) is 69.6 Å². The number of piperidine rings is 1. The molecule has 2 N–H and O–H groups in total. The predicted octanol–water partition coefficient (Wildman–Crippen LogP) is 5.73. The summed E-state index contributed by atoms with van der Waals surface area (Å²) in [6.07, 6.45) is 2.63. The van der Waals surface area contributed by atoms with Gasteiger partial charge in [0.25, 0.3) is 0 Å². The number of nitrogens with one attached hydrogen (secondary N) is 2.